The van der Waals surface area contributed by atoms with Crippen molar-refractivity contribution in [1.82, 2.24) is 9.47 Å². The molecule has 222 valence electrons. The molecule has 0 spiro atoms. The molecule has 0 atom stereocenters. The van der Waals surface area contributed by atoms with Gasteiger partial charge < -0.3 is 9.30 Å². The first-order chi connectivity index (χ1) is 20.8. The lowest BCUT2D eigenvalue weighted by molar-refractivity contribution is -0.124. The van der Waals surface area contributed by atoms with Gasteiger partial charge in [-0.25, -0.2) is 9.38 Å². The second-order valence-corrected chi connectivity index (χ2v) is 13.4. The third-order valence-corrected chi connectivity index (χ3v) is 9.26. The van der Waals surface area contributed by atoms with Crippen LogP contribution in [-0.4, -0.2) is 33.2 Å². The fourth-order valence-corrected chi connectivity index (χ4v) is 6.94. The van der Waals surface area contributed by atoms with Gasteiger partial charge in [-0.2, -0.15) is 0 Å². The predicted octanol–water partition coefficient (Wildman–Crippen LogP) is 9.09. The summed E-state index contributed by atoms with van der Waals surface area (Å²) in [5.74, 6) is 0.412. The van der Waals surface area contributed by atoms with Gasteiger partial charge in [0.15, 0.2) is 5.17 Å². The Balaban J connectivity index is 1.26. The van der Waals surface area contributed by atoms with Crippen LogP contribution < -0.4 is 4.74 Å². The zero-order chi connectivity index (χ0) is 30.0. The van der Waals surface area contributed by atoms with Crippen LogP contribution in [0.15, 0.2) is 88.9 Å². The molecule has 1 amide bonds. The molecule has 2 aliphatic rings. The fraction of sp³-hybridized carbons (Fsp3) is 0.333. The lowest BCUT2D eigenvalue weighted by Crippen LogP contribution is -2.40. The van der Waals surface area contributed by atoms with E-state index in [1.165, 1.54) is 29.8 Å². The molecular formula is C36H38FN3O2S. The van der Waals surface area contributed by atoms with E-state index in [4.69, 9.17) is 4.74 Å². The van der Waals surface area contributed by atoms with E-state index in [9.17, 15) is 9.18 Å². The first-order valence-electron chi connectivity index (χ1n) is 15.2. The third kappa shape index (κ3) is 6.42. The van der Waals surface area contributed by atoms with Crippen LogP contribution in [0.25, 0.3) is 17.0 Å². The molecule has 7 heteroatoms. The van der Waals surface area contributed by atoms with E-state index in [2.05, 4.69) is 60.8 Å². The van der Waals surface area contributed by atoms with E-state index in [-0.39, 0.29) is 28.9 Å². The number of fused-ring (bicyclic) bond motifs is 1. The third-order valence-electron chi connectivity index (χ3n) is 8.27. The number of carbonyl (C=O) groups excluding carboxylic acids is 1. The number of halogens is 1. The summed E-state index contributed by atoms with van der Waals surface area (Å²) in [7, 11) is 0. The predicted molar refractivity (Wildman–Crippen MR) is 175 cm³/mol. The standard InChI is InChI=1S/C36H38FN3O2S/c1-36(2,3)26-17-19-28(20-18-26)42-22-21-39-24-25(29-13-7-10-16-32(29)39)23-33-34(41)40(27-11-5-4-6-12-27)35(43-33)38-31-15-9-8-14-30(31)37/h7-10,13-20,23-24,27H,4-6,11-12,21-22H2,1-3H3. The molecule has 5 nitrogen and oxygen atoms in total. The average Bonchev–Trinajstić information content (AvgIpc) is 3.51. The molecule has 1 saturated carbocycles. The molecule has 3 aromatic carbocycles. The molecular weight excluding hydrogens is 557 g/mol. The number of hydrogen-bond donors (Lipinski definition) is 0. The summed E-state index contributed by atoms with van der Waals surface area (Å²) in [5.41, 5.74) is 3.68. The molecule has 1 aliphatic carbocycles. The lowest BCUT2D eigenvalue weighted by atomic mass is 9.87. The van der Waals surface area contributed by atoms with Gasteiger partial charge in [0.25, 0.3) is 5.91 Å². The Hall–Kier alpha value is -3.84. The number of carbonyl (C=O) groups is 1. The molecule has 0 bridgehead atoms. The lowest BCUT2D eigenvalue weighted by Gasteiger charge is -2.30. The van der Waals surface area contributed by atoms with Gasteiger partial charge in [-0.1, -0.05) is 82.5 Å². The summed E-state index contributed by atoms with van der Waals surface area (Å²) in [6.45, 7) is 7.80. The molecule has 1 saturated heterocycles. The van der Waals surface area contributed by atoms with Gasteiger partial charge in [-0.15, -0.1) is 0 Å². The van der Waals surface area contributed by atoms with Crippen LogP contribution in [0.2, 0.25) is 0 Å². The Labute approximate surface area is 257 Å². The zero-order valence-corrected chi connectivity index (χ0v) is 25.9. The van der Waals surface area contributed by atoms with Gasteiger partial charge in [-0.3, -0.25) is 9.69 Å². The van der Waals surface area contributed by atoms with Crippen molar-refractivity contribution in [3.63, 3.8) is 0 Å². The van der Waals surface area contributed by atoms with Crippen molar-refractivity contribution in [2.45, 2.75) is 70.9 Å². The first-order valence-corrected chi connectivity index (χ1v) is 16.0. The summed E-state index contributed by atoms with van der Waals surface area (Å²) < 4.78 is 22.8. The molecule has 4 aromatic rings. The van der Waals surface area contributed by atoms with Gasteiger partial charge in [0.05, 0.1) is 11.4 Å². The van der Waals surface area contributed by atoms with Crippen LogP contribution >= 0.6 is 11.8 Å². The number of rotatable bonds is 7. The second kappa shape index (κ2) is 12.4. The molecule has 1 aromatic heterocycles. The number of aromatic nitrogens is 1. The highest BCUT2D eigenvalue weighted by Gasteiger charge is 2.39. The van der Waals surface area contributed by atoms with Crippen LogP contribution in [0.5, 0.6) is 5.75 Å². The molecule has 2 heterocycles. The van der Waals surface area contributed by atoms with Gasteiger partial charge in [0.2, 0.25) is 0 Å². The minimum atomic E-state index is -0.389. The fourth-order valence-electron chi connectivity index (χ4n) is 5.90. The minimum Gasteiger partial charge on any atom is -0.492 e. The van der Waals surface area contributed by atoms with Crippen LogP contribution in [0.4, 0.5) is 10.1 Å². The summed E-state index contributed by atoms with van der Waals surface area (Å²) in [6, 6.07) is 23.1. The summed E-state index contributed by atoms with van der Waals surface area (Å²) >= 11 is 1.34. The first kappa shape index (κ1) is 29.2. The van der Waals surface area contributed by atoms with E-state index >= 15 is 0 Å². The van der Waals surface area contributed by atoms with Crippen LogP contribution in [-0.2, 0) is 16.8 Å². The number of amidine groups is 1. The Morgan fingerprint density at radius 3 is 2.44 bits per heavy atom. The highest BCUT2D eigenvalue weighted by atomic mass is 32.2. The smallest absolute Gasteiger partial charge is 0.267 e. The van der Waals surface area contributed by atoms with E-state index in [0.717, 1.165) is 47.9 Å². The molecule has 43 heavy (non-hydrogen) atoms. The number of nitrogens with zero attached hydrogens (tertiary/aromatic N) is 3. The number of thioether (sulfide) groups is 1. The number of ether oxygens (including phenoxy) is 1. The maximum absolute atomic E-state index is 14.6. The van der Waals surface area contributed by atoms with Crippen molar-refractivity contribution in [3.8, 4) is 5.75 Å². The number of aliphatic imine (C=N–C) groups is 1. The molecule has 6 rings (SSSR count). The van der Waals surface area contributed by atoms with Crippen molar-refractivity contribution in [2.24, 2.45) is 4.99 Å². The van der Waals surface area contributed by atoms with E-state index in [0.29, 0.717) is 23.2 Å². The number of para-hydroxylation sites is 2. The van der Waals surface area contributed by atoms with Crippen molar-refractivity contribution in [1.29, 1.82) is 0 Å². The topological polar surface area (TPSA) is 46.8 Å². The SMILES string of the molecule is CC(C)(C)c1ccc(OCCn2cc(C=C3SC(=Nc4ccccc4F)N(C4CCCCC4)C3=O)c3ccccc32)cc1. The Morgan fingerprint density at radius 2 is 1.70 bits per heavy atom. The van der Waals surface area contributed by atoms with Gasteiger partial charge in [0.1, 0.15) is 23.9 Å². The molecule has 0 unspecified atom stereocenters. The second-order valence-electron chi connectivity index (χ2n) is 12.3. The maximum atomic E-state index is 14.6. The molecule has 2 fully saturated rings. The average molecular weight is 596 g/mol. The number of hydrogen-bond acceptors (Lipinski definition) is 4. The largest absolute Gasteiger partial charge is 0.492 e. The van der Waals surface area contributed by atoms with Gasteiger partial charge in [0, 0.05) is 28.7 Å². The molecule has 0 N–H and O–H groups in total. The summed E-state index contributed by atoms with van der Waals surface area (Å²) in [5, 5.41) is 1.63. The van der Waals surface area contributed by atoms with Gasteiger partial charge >= 0.3 is 0 Å². The minimum absolute atomic E-state index is 0.0501. The maximum Gasteiger partial charge on any atom is 0.267 e. The van der Waals surface area contributed by atoms with Crippen molar-refractivity contribution in [3.05, 3.63) is 101 Å². The summed E-state index contributed by atoms with van der Waals surface area (Å²) in [4.78, 5) is 21.0. The van der Waals surface area contributed by atoms with E-state index in [1.54, 1.807) is 18.2 Å². The number of amides is 1. The quantitative estimate of drug-likeness (QED) is 0.200. The van der Waals surface area contributed by atoms with Crippen LogP contribution in [0.3, 0.4) is 0 Å². The molecule has 0 radical (unpaired) electrons. The zero-order valence-electron chi connectivity index (χ0n) is 25.1. The van der Waals surface area contributed by atoms with Crippen molar-refractivity contribution < 1.29 is 13.9 Å². The van der Waals surface area contributed by atoms with Crippen LogP contribution in [0.1, 0.15) is 64.0 Å². The van der Waals surface area contributed by atoms with Crippen molar-refractivity contribution in [2.75, 3.05) is 6.61 Å². The molecule has 1 aliphatic heterocycles. The number of benzene rings is 3. The highest BCUT2D eigenvalue weighted by molar-refractivity contribution is 8.18. The van der Waals surface area contributed by atoms with Crippen molar-refractivity contribution >= 4 is 45.5 Å². The van der Waals surface area contributed by atoms with Crippen LogP contribution in [0, 0.1) is 5.82 Å². The van der Waals surface area contributed by atoms with E-state index in [1.807, 2.05) is 35.2 Å². The normalized spacial score (nSPS) is 18.3. The monoisotopic (exact) mass is 595 g/mol. The van der Waals surface area contributed by atoms with E-state index < -0.39 is 0 Å². The highest BCUT2D eigenvalue weighted by Crippen LogP contribution is 2.39. The Bertz CT molecular complexity index is 1680. The van der Waals surface area contributed by atoms with Gasteiger partial charge in [-0.05, 0) is 72.0 Å². The summed E-state index contributed by atoms with van der Waals surface area (Å²) in [6.07, 6.45) is 9.29. The Morgan fingerprint density at radius 1 is 0.977 bits per heavy atom. The Kier molecular flexibility index (Phi) is 8.44.